The summed E-state index contributed by atoms with van der Waals surface area (Å²) >= 11 is 0. The van der Waals surface area contributed by atoms with Gasteiger partial charge >= 0.3 is 0 Å². The van der Waals surface area contributed by atoms with E-state index < -0.39 is 0 Å². The zero-order valence-corrected chi connectivity index (χ0v) is 8.91. The Balaban J connectivity index is 2.28. The molecule has 4 heteroatoms. The van der Waals surface area contributed by atoms with Crippen LogP contribution in [0.5, 0.6) is 0 Å². The summed E-state index contributed by atoms with van der Waals surface area (Å²) in [7, 11) is 0. The first-order chi connectivity index (χ1) is 7.11. The summed E-state index contributed by atoms with van der Waals surface area (Å²) in [6.45, 7) is 3.99. The third-order valence-corrected chi connectivity index (χ3v) is 2.30. The van der Waals surface area contributed by atoms with Crippen LogP contribution in [-0.4, -0.2) is 27.2 Å². The van der Waals surface area contributed by atoms with E-state index in [1.54, 1.807) is 6.33 Å². The largest absolute Gasteiger partial charge is 0.394 e. The van der Waals surface area contributed by atoms with Gasteiger partial charge in [0.1, 0.15) is 0 Å². The van der Waals surface area contributed by atoms with Gasteiger partial charge in [0.15, 0.2) is 0 Å². The Labute approximate surface area is 88.3 Å². The average molecular weight is 205 g/mol. The van der Waals surface area contributed by atoms with Crippen LogP contribution in [0.2, 0.25) is 0 Å². The van der Waals surface area contributed by atoms with Gasteiger partial charge in [0.05, 0.1) is 29.5 Å². The minimum absolute atomic E-state index is 0.0913. The standard InChI is InChI=1S/C11H15N3O/c1-11(2,6-15)14-8-3-4-9-10(5-8)13-7-12-9/h3-5,7,14-15H,6H2,1-2H3,(H,12,13). The van der Waals surface area contributed by atoms with E-state index in [2.05, 4.69) is 15.3 Å². The van der Waals surface area contributed by atoms with Gasteiger partial charge in [-0.25, -0.2) is 4.98 Å². The SMILES string of the molecule is CC(C)(CO)Nc1ccc2nc[nH]c2c1. The Morgan fingerprint density at radius 2 is 2.27 bits per heavy atom. The predicted octanol–water partition coefficient (Wildman–Crippen LogP) is 1.75. The number of anilines is 1. The molecule has 1 heterocycles. The second-order valence-electron chi connectivity index (χ2n) is 4.30. The molecular weight excluding hydrogens is 190 g/mol. The van der Waals surface area contributed by atoms with E-state index in [0.29, 0.717) is 0 Å². The highest BCUT2D eigenvalue weighted by Gasteiger charge is 2.15. The summed E-state index contributed by atoms with van der Waals surface area (Å²) < 4.78 is 0. The number of aromatic nitrogens is 2. The molecule has 0 radical (unpaired) electrons. The maximum Gasteiger partial charge on any atom is 0.0931 e. The van der Waals surface area contributed by atoms with Crippen molar-refractivity contribution in [3.8, 4) is 0 Å². The number of aliphatic hydroxyl groups is 1. The Morgan fingerprint density at radius 1 is 1.47 bits per heavy atom. The number of nitrogens with zero attached hydrogens (tertiary/aromatic N) is 1. The van der Waals surface area contributed by atoms with E-state index >= 15 is 0 Å². The molecule has 0 aliphatic carbocycles. The second-order valence-corrected chi connectivity index (χ2v) is 4.30. The van der Waals surface area contributed by atoms with Gasteiger partial charge in [-0.15, -0.1) is 0 Å². The van der Waals surface area contributed by atoms with Gasteiger partial charge in [-0.05, 0) is 32.0 Å². The van der Waals surface area contributed by atoms with Gasteiger partial charge in [-0.2, -0.15) is 0 Å². The summed E-state index contributed by atoms with van der Waals surface area (Å²) in [6.07, 6.45) is 1.67. The maximum absolute atomic E-state index is 9.15. The quantitative estimate of drug-likeness (QED) is 0.715. The monoisotopic (exact) mass is 205 g/mol. The lowest BCUT2D eigenvalue weighted by Crippen LogP contribution is -2.34. The molecule has 4 nitrogen and oxygen atoms in total. The highest BCUT2D eigenvalue weighted by Crippen LogP contribution is 2.19. The first-order valence-electron chi connectivity index (χ1n) is 4.93. The smallest absolute Gasteiger partial charge is 0.0931 e. The van der Waals surface area contributed by atoms with Crippen LogP contribution in [0.25, 0.3) is 11.0 Å². The van der Waals surface area contributed by atoms with Crippen molar-refractivity contribution in [2.24, 2.45) is 0 Å². The van der Waals surface area contributed by atoms with Gasteiger partial charge in [0, 0.05) is 5.69 Å². The molecule has 0 unspecified atom stereocenters. The topological polar surface area (TPSA) is 60.9 Å². The van der Waals surface area contributed by atoms with E-state index in [1.807, 2.05) is 32.0 Å². The maximum atomic E-state index is 9.15. The second kappa shape index (κ2) is 3.55. The van der Waals surface area contributed by atoms with E-state index in [9.17, 15) is 0 Å². The molecule has 3 N–H and O–H groups in total. The minimum Gasteiger partial charge on any atom is -0.394 e. The zero-order valence-electron chi connectivity index (χ0n) is 8.91. The van der Waals surface area contributed by atoms with Crippen molar-refractivity contribution in [3.05, 3.63) is 24.5 Å². The number of H-pyrrole nitrogens is 1. The first-order valence-corrected chi connectivity index (χ1v) is 4.93. The first kappa shape index (κ1) is 9.98. The van der Waals surface area contributed by atoms with Crippen LogP contribution in [0.4, 0.5) is 5.69 Å². The molecule has 0 spiro atoms. The zero-order chi connectivity index (χ0) is 10.9. The fourth-order valence-corrected chi connectivity index (χ4v) is 1.44. The highest BCUT2D eigenvalue weighted by molar-refractivity contribution is 5.78. The number of imidazole rings is 1. The van der Waals surface area contributed by atoms with Crippen molar-refractivity contribution in [2.45, 2.75) is 19.4 Å². The third kappa shape index (κ3) is 2.10. The van der Waals surface area contributed by atoms with Crippen LogP contribution in [0, 0.1) is 0 Å². The van der Waals surface area contributed by atoms with Gasteiger partial charge < -0.3 is 15.4 Å². The molecule has 0 aliphatic rings. The van der Waals surface area contributed by atoms with Gasteiger partial charge in [-0.3, -0.25) is 0 Å². The molecule has 0 aliphatic heterocycles. The summed E-state index contributed by atoms with van der Waals surface area (Å²) in [5.74, 6) is 0. The summed E-state index contributed by atoms with van der Waals surface area (Å²) in [5, 5.41) is 12.4. The molecule has 0 saturated carbocycles. The molecule has 80 valence electrons. The molecule has 0 saturated heterocycles. The van der Waals surface area contributed by atoms with E-state index in [0.717, 1.165) is 16.7 Å². The van der Waals surface area contributed by atoms with Crippen molar-refractivity contribution < 1.29 is 5.11 Å². The Hall–Kier alpha value is -1.55. The van der Waals surface area contributed by atoms with Crippen molar-refractivity contribution in [2.75, 3.05) is 11.9 Å². The van der Waals surface area contributed by atoms with Crippen molar-refractivity contribution in [1.82, 2.24) is 9.97 Å². The lowest BCUT2D eigenvalue weighted by molar-refractivity contribution is 0.234. The molecular formula is C11H15N3O. The molecule has 0 fully saturated rings. The number of rotatable bonds is 3. The Kier molecular flexibility index (Phi) is 2.36. The minimum atomic E-state index is -0.312. The van der Waals surface area contributed by atoms with Gasteiger partial charge in [0.2, 0.25) is 0 Å². The lowest BCUT2D eigenvalue weighted by atomic mass is 10.1. The van der Waals surface area contributed by atoms with Crippen molar-refractivity contribution >= 4 is 16.7 Å². The van der Waals surface area contributed by atoms with Crippen LogP contribution < -0.4 is 5.32 Å². The van der Waals surface area contributed by atoms with Crippen LogP contribution in [0.1, 0.15) is 13.8 Å². The third-order valence-electron chi connectivity index (χ3n) is 2.30. The van der Waals surface area contributed by atoms with Gasteiger partial charge in [-0.1, -0.05) is 0 Å². The molecule has 15 heavy (non-hydrogen) atoms. The van der Waals surface area contributed by atoms with E-state index in [1.165, 1.54) is 0 Å². The number of hydrogen-bond donors (Lipinski definition) is 3. The predicted molar refractivity (Wildman–Crippen MR) is 60.9 cm³/mol. The van der Waals surface area contributed by atoms with Crippen molar-refractivity contribution in [3.63, 3.8) is 0 Å². The molecule has 1 aromatic carbocycles. The van der Waals surface area contributed by atoms with E-state index in [-0.39, 0.29) is 12.1 Å². The van der Waals surface area contributed by atoms with Gasteiger partial charge in [0.25, 0.3) is 0 Å². The summed E-state index contributed by atoms with van der Waals surface area (Å²) in [5.41, 5.74) is 2.61. The Morgan fingerprint density at radius 3 is 3.00 bits per heavy atom. The number of aromatic amines is 1. The molecule has 2 aromatic rings. The number of nitrogens with one attached hydrogen (secondary N) is 2. The van der Waals surface area contributed by atoms with Crippen LogP contribution in [-0.2, 0) is 0 Å². The number of benzene rings is 1. The van der Waals surface area contributed by atoms with Crippen molar-refractivity contribution in [1.29, 1.82) is 0 Å². The van der Waals surface area contributed by atoms with E-state index in [4.69, 9.17) is 5.11 Å². The summed E-state index contributed by atoms with van der Waals surface area (Å²) in [6, 6.07) is 5.89. The fourth-order valence-electron chi connectivity index (χ4n) is 1.44. The highest BCUT2D eigenvalue weighted by atomic mass is 16.3. The fraction of sp³-hybridized carbons (Fsp3) is 0.364. The molecule has 2 rings (SSSR count). The summed E-state index contributed by atoms with van der Waals surface area (Å²) in [4.78, 5) is 7.19. The van der Waals surface area contributed by atoms with Crippen LogP contribution in [0.15, 0.2) is 24.5 Å². The molecule has 0 bridgehead atoms. The number of fused-ring (bicyclic) bond motifs is 1. The number of aliphatic hydroxyl groups excluding tert-OH is 1. The number of hydrogen-bond acceptors (Lipinski definition) is 3. The Bertz CT molecular complexity index is 462. The molecule has 0 amide bonds. The molecule has 1 aromatic heterocycles. The normalized spacial score (nSPS) is 11.9. The van der Waals surface area contributed by atoms with Crippen LogP contribution in [0.3, 0.4) is 0 Å². The molecule has 0 atom stereocenters. The lowest BCUT2D eigenvalue weighted by Gasteiger charge is -2.24. The van der Waals surface area contributed by atoms with Crippen LogP contribution >= 0.6 is 0 Å². The average Bonchev–Trinajstić information content (AvgIpc) is 2.64.